The Kier molecular flexibility index (Phi) is 4.82. The molecule has 4 aliphatic carbocycles. The molecule has 26 heavy (non-hydrogen) atoms. The molecule has 0 heterocycles. The minimum Gasteiger partial charge on any atom is -0.393 e. The highest BCUT2D eigenvalue weighted by Crippen LogP contribution is 2.71. The fourth-order valence-corrected chi connectivity index (χ4v) is 9.27. The van der Waals surface area contributed by atoms with Crippen molar-refractivity contribution in [2.75, 3.05) is 0 Å². The van der Waals surface area contributed by atoms with Crippen molar-refractivity contribution in [2.45, 2.75) is 111 Å². The normalized spacial score (nSPS) is 54.9. The van der Waals surface area contributed by atoms with E-state index in [9.17, 15) is 5.11 Å². The lowest BCUT2D eigenvalue weighted by molar-refractivity contribution is -0.198. The second kappa shape index (κ2) is 6.50. The van der Waals surface area contributed by atoms with Gasteiger partial charge in [-0.15, -0.1) is 0 Å². The van der Waals surface area contributed by atoms with E-state index < -0.39 is 0 Å². The van der Waals surface area contributed by atoms with Gasteiger partial charge in [-0.1, -0.05) is 60.3 Å². The van der Waals surface area contributed by atoms with Crippen LogP contribution in [-0.2, 0) is 0 Å². The summed E-state index contributed by atoms with van der Waals surface area (Å²) in [4.78, 5) is 0. The number of aliphatic hydroxyl groups is 1. The van der Waals surface area contributed by atoms with Gasteiger partial charge in [0.1, 0.15) is 0 Å². The predicted octanol–water partition coefficient (Wildman–Crippen LogP) is 6.83. The zero-order chi connectivity index (χ0) is 18.7. The maximum Gasteiger partial charge on any atom is 0.0579 e. The van der Waals surface area contributed by atoms with Gasteiger partial charge >= 0.3 is 0 Å². The van der Waals surface area contributed by atoms with Gasteiger partial charge in [0.25, 0.3) is 0 Å². The maximum absolute atomic E-state index is 11.4. The molecule has 0 spiro atoms. The van der Waals surface area contributed by atoms with Crippen molar-refractivity contribution in [1.82, 2.24) is 0 Å². The van der Waals surface area contributed by atoms with E-state index in [1.807, 2.05) is 0 Å². The van der Waals surface area contributed by atoms with E-state index in [4.69, 9.17) is 0 Å². The molecule has 9 unspecified atom stereocenters. The zero-order valence-corrected chi connectivity index (χ0v) is 18.2. The number of aliphatic hydroxyl groups excluding tert-OH is 1. The summed E-state index contributed by atoms with van der Waals surface area (Å²) in [5, 5.41) is 11.4. The van der Waals surface area contributed by atoms with E-state index in [1.165, 1.54) is 64.2 Å². The smallest absolute Gasteiger partial charge is 0.0579 e. The van der Waals surface area contributed by atoms with Gasteiger partial charge in [-0.2, -0.15) is 0 Å². The summed E-state index contributed by atoms with van der Waals surface area (Å²) >= 11 is 0. The Hall–Kier alpha value is -0.0400. The van der Waals surface area contributed by atoms with Crippen LogP contribution in [0, 0.1) is 45.8 Å². The van der Waals surface area contributed by atoms with Crippen molar-refractivity contribution < 1.29 is 5.11 Å². The number of hydrogen-bond acceptors (Lipinski definition) is 1. The second-order valence-corrected chi connectivity index (χ2v) is 11.7. The van der Waals surface area contributed by atoms with Crippen LogP contribution in [-0.4, -0.2) is 11.2 Å². The summed E-state index contributed by atoms with van der Waals surface area (Å²) in [6.07, 6.45) is 14.9. The topological polar surface area (TPSA) is 20.2 Å². The third-order valence-electron chi connectivity index (χ3n) is 10.8. The monoisotopic (exact) mass is 360 g/mol. The zero-order valence-electron chi connectivity index (χ0n) is 18.2. The van der Waals surface area contributed by atoms with Gasteiger partial charge in [-0.3, -0.25) is 0 Å². The highest BCUT2D eigenvalue weighted by Gasteiger charge is 2.65. The summed E-state index contributed by atoms with van der Waals surface area (Å²) in [5.74, 6) is 3.90. The number of rotatable bonds is 3. The van der Waals surface area contributed by atoms with Crippen LogP contribution in [0.3, 0.4) is 0 Å². The predicted molar refractivity (Wildman–Crippen MR) is 110 cm³/mol. The lowest BCUT2D eigenvalue weighted by Crippen LogP contribution is -2.61. The Morgan fingerprint density at radius 1 is 0.962 bits per heavy atom. The molecule has 9 atom stereocenters. The fourth-order valence-electron chi connectivity index (χ4n) is 9.27. The van der Waals surface area contributed by atoms with Gasteiger partial charge in [0.2, 0.25) is 0 Å². The Bertz CT molecular complexity index is 528. The van der Waals surface area contributed by atoms with Crippen molar-refractivity contribution in [1.29, 1.82) is 0 Å². The molecule has 4 aliphatic rings. The molecule has 0 bridgehead atoms. The van der Waals surface area contributed by atoms with Gasteiger partial charge in [-0.25, -0.2) is 0 Å². The van der Waals surface area contributed by atoms with Crippen LogP contribution in [0.25, 0.3) is 0 Å². The highest BCUT2D eigenvalue weighted by molar-refractivity contribution is 5.14. The van der Waals surface area contributed by atoms with Crippen LogP contribution < -0.4 is 0 Å². The fraction of sp³-hybridized carbons (Fsp3) is 1.00. The summed E-state index contributed by atoms with van der Waals surface area (Å²) in [7, 11) is 0. The minimum atomic E-state index is -0.0407. The molecule has 1 heteroatoms. The molecular weight excluding hydrogens is 316 g/mol. The van der Waals surface area contributed by atoms with Crippen LogP contribution in [0.1, 0.15) is 105 Å². The Balaban J connectivity index is 1.65. The van der Waals surface area contributed by atoms with Crippen LogP contribution in [0.2, 0.25) is 0 Å². The van der Waals surface area contributed by atoms with Gasteiger partial charge in [0.05, 0.1) is 6.10 Å². The lowest BCUT2D eigenvalue weighted by atomic mass is 9.39. The summed E-state index contributed by atoms with van der Waals surface area (Å²) in [6.45, 7) is 12.6. The molecule has 1 N–H and O–H groups in total. The van der Waals surface area contributed by atoms with E-state index in [-0.39, 0.29) is 6.10 Å². The van der Waals surface area contributed by atoms with Gasteiger partial charge in [-0.05, 0) is 90.8 Å². The largest absolute Gasteiger partial charge is 0.393 e. The van der Waals surface area contributed by atoms with Crippen LogP contribution in [0.5, 0.6) is 0 Å². The van der Waals surface area contributed by atoms with Gasteiger partial charge in [0.15, 0.2) is 0 Å². The first-order valence-corrected chi connectivity index (χ1v) is 11.9. The molecule has 0 aromatic rings. The van der Waals surface area contributed by atoms with E-state index in [0.717, 1.165) is 30.1 Å². The molecule has 0 aromatic carbocycles. The van der Waals surface area contributed by atoms with E-state index in [2.05, 4.69) is 34.6 Å². The van der Waals surface area contributed by atoms with E-state index in [1.54, 1.807) is 0 Å². The number of hydrogen-bond donors (Lipinski definition) is 1. The quantitative estimate of drug-likeness (QED) is 0.584. The standard InChI is InChI=1S/C25H44O/c1-6-9-17(2)18-10-11-19-22-20(12-15-24(18,19)4)25(5)14-8-7-13-23(25,3)16-21(22)26/h17-22,26H,6-16H2,1-5H3. The lowest BCUT2D eigenvalue weighted by Gasteiger charge is -2.66. The highest BCUT2D eigenvalue weighted by atomic mass is 16.3. The molecule has 0 saturated heterocycles. The second-order valence-electron chi connectivity index (χ2n) is 11.7. The molecule has 0 radical (unpaired) electrons. The molecule has 0 aliphatic heterocycles. The van der Waals surface area contributed by atoms with Crippen molar-refractivity contribution in [3.8, 4) is 0 Å². The first-order valence-electron chi connectivity index (χ1n) is 11.9. The number of fused-ring (bicyclic) bond motifs is 5. The minimum absolute atomic E-state index is 0.0407. The van der Waals surface area contributed by atoms with Crippen molar-refractivity contribution in [2.24, 2.45) is 45.8 Å². The van der Waals surface area contributed by atoms with Crippen LogP contribution in [0.4, 0.5) is 0 Å². The van der Waals surface area contributed by atoms with Crippen molar-refractivity contribution in [3.63, 3.8) is 0 Å². The Labute approximate surface area is 162 Å². The first-order chi connectivity index (χ1) is 12.3. The maximum atomic E-state index is 11.4. The molecular formula is C25H44O. The van der Waals surface area contributed by atoms with Crippen LogP contribution in [0.15, 0.2) is 0 Å². The third-order valence-corrected chi connectivity index (χ3v) is 10.8. The van der Waals surface area contributed by atoms with Crippen LogP contribution >= 0.6 is 0 Å². The van der Waals surface area contributed by atoms with Gasteiger partial charge in [0, 0.05) is 0 Å². The first kappa shape index (κ1) is 19.3. The molecule has 0 amide bonds. The van der Waals surface area contributed by atoms with Crippen molar-refractivity contribution in [3.05, 3.63) is 0 Å². The average Bonchev–Trinajstić information content (AvgIpc) is 2.93. The molecule has 4 fully saturated rings. The SMILES string of the molecule is CCCC(C)C1CCC2C3C(O)CC4(C)CCCCC4(C)C3CCC12C. The van der Waals surface area contributed by atoms with Gasteiger partial charge < -0.3 is 5.11 Å². The Morgan fingerprint density at radius 2 is 1.69 bits per heavy atom. The molecule has 1 nitrogen and oxygen atoms in total. The molecule has 150 valence electrons. The summed E-state index contributed by atoms with van der Waals surface area (Å²) in [5.41, 5.74) is 1.35. The summed E-state index contributed by atoms with van der Waals surface area (Å²) in [6, 6.07) is 0. The molecule has 0 aromatic heterocycles. The summed E-state index contributed by atoms with van der Waals surface area (Å²) < 4.78 is 0. The van der Waals surface area contributed by atoms with Crippen molar-refractivity contribution >= 4 is 0 Å². The Morgan fingerprint density at radius 3 is 2.42 bits per heavy atom. The average molecular weight is 361 g/mol. The third kappa shape index (κ3) is 2.51. The van der Waals surface area contributed by atoms with E-state index in [0.29, 0.717) is 22.2 Å². The van der Waals surface area contributed by atoms with E-state index >= 15 is 0 Å². The molecule has 4 rings (SSSR count). The molecule has 4 saturated carbocycles.